The fraction of sp³-hybridized carbons (Fsp3) is 0.667. The molecule has 0 aliphatic rings. The standard InChI is InChI=1S/C9H18NO2.2ClH.H3N/c1-8(2)9(11)12-7-6-10(3,4)5;;;/h1,6-7H2,2-5H3;2*1H;1H3/q+1;;;/p-1. The summed E-state index contributed by atoms with van der Waals surface area (Å²) >= 11 is 0. The first-order valence-corrected chi connectivity index (χ1v) is 3.96. The van der Waals surface area contributed by atoms with Crippen molar-refractivity contribution in [3.8, 4) is 0 Å². The lowest BCUT2D eigenvalue weighted by Crippen LogP contribution is -3.00. The van der Waals surface area contributed by atoms with E-state index in [1.165, 1.54) is 0 Å². The van der Waals surface area contributed by atoms with Gasteiger partial charge in [-0.1, -0.05) is 6.58 Å². The fourth-order valence-corrected chi connectivity index (χ4v) is 0.535. The number of rotatable bonds is 4. The zero-order valence-electron chi connectivity index (χ0n) is 10.1. The second kappa shape index (κ2) is 10.2. The van der Waals surface area contributed by atoms with E-state index in [1.54, 1.807) is 6.92 Å². The molecule has 0 fully saturated rings. The van der Waals surface area contributed by atoms with Crippen molar-refractivity contribution in [1.82, 2.24) is 6.15 Å². The number of carbonyl (C=O) groups is 1. The van der Waals surface area contributed by atoms with Crippen molar-refractivity contribution < 1.29 is 38.8 Å². The van der Waals surface area contributed by atoms with E-state index >= 15 is 0 Å². The number of halogens is 2. The van der Waals surface area contributed by atoms with Crippen LogP contribution in [0, 0.1) is 0 Å². The van der Waals surface area contributed by atoms with Crippen LogP contribution in [0.4, 0.5) is 0 Å². The SMILES string of the molecule is C=C(C)C(=O)OCC[N+](C)(C)C.[Cl-].[Cl-].[NH4+]. The predicted octanol–water partition coefficient (Wildman–Crippen LogP) is -4.80. The van der Waals surface area contributed by atoms with Crippen LogP contribution in [0.25, 0.3) is 0 Å². The topological polar surface area (TPSA) is 62.8 Å². The molecule has 0 saturated heterocycles. The summed E-state index contributed by atoms with van der Waals surface area (Å²) in [6, 6.07) is 0. The predicted molar refractivity (Wildman–Crippen MR) is 54.7 cm³/mol. The van der Waals surface area contributed by atoms with Crippen LogP contribution in [-0.4, -0.2) is 44.7 Å². The quantitative estimate of drug-likeness (QED) is 0.313. The fourth-order valence-electron chi connectivity index (χ4n) is 0.535. The number of esters is 1. The molecule has 6 heteroatoms. The van der Waals surface area contributed by atoms with Crippen LogP contribution in [0.5, 0.6) is 0 Å². The summed E-state index contributed by atoms with van der Waals surface area (Å²) in [5.74, 6) is -0.302. The molecule has 0 rings (SSSR count). The van der Waals surface area contributed by atoms with Crippen molar-refractivity contribution in [2.75, 3.05) is 34.3 Å². The molecule has 4 N–H and O–H groups in total. The first-order valence-electron chi connectivity index (χ1n) is 3.96. The van der Waals surface area contributed by atoms with E-state index in [0.717, 1.165) is 11.0 Å². The third-order valence-electron chi connectivity index (χ3n) is 1.34. The van der Waals surface area contributed by atoms with Gasteiger partial charge in [-0.05, 0) is 6.92 Å². The van der Waals surface area contributed by atoms with Gasteiger partial charge < -0.3 is 40.2 Å². The van der Waals surface area contributed by atoms with Gasteiger partial charge in [-0.25, -0.2) is 4.79 Å². The largest absolute Gasteiger partial charge is 1.00 e. The van der Waals surface area contributed by atoms with E-state index in [-0.39, 0.29) is 36.9 Å². The van der Waals surface area contributed by atoms with Crippen LogP contribution in [0.2, 0.25) is 0 Å². The molecule has 0 saturated carbocycles. The summed E-state index contributed by atoms with van der Waals surface area (Å²) < 4.78 is 5.72. The van der Waals surface area contributed by atoms with Crippen LogP contribution >= 0.6 is 0 Å². The van der Waals surface area contributed by atoms with Gasteiger partial charge in [-0.3, -0.25) is 0 Å². The Hall–Kier alpha value is -0.290. The van der Waals surface area contributed by atoms with Crippen molar-refractivity contribution in [1.29, 1.82) is 0 Å². The smallest absolute Gasteiger partial charge is 0.333 e. The van der Waals surface area contributed by atoms with E-state index in [2.05, 4.69) is 27.7 Å². The number of carbonyl (C=O) groups excluding carboxylic acids is 1. The van der Waals surface area contributed by atoms with Crippen molar-refractivity contribution in [2.45, 2.75) is 6.92 Å². The average molecular weight is 261 g/mol. The minimum absolute atomic E-state index is 0. The van der Waals surface area contributed by atoms with E-state index in [1.807, 2.05) is 0 Å². The summed E-state index contributed by atoms with van der Waals surface area (Å²) in [6.07, 6.45) is 0. The third-order valence-corrected chi connectivity index (χ3v) is 1.34. The van der Waals surface area contributed by atoms with Crippen LogP contribution in [-0.2, 0) is 9.53 Å². The number of hydrogen-bond acceptors (Lipinski definition) is 2. The number of quaternary nitrogens is 2. The molecule has 0 unspecified atom stereocenters. The van der Waals surface area contributed by atoms with Crippen LogP contribution in [0.15, 0.2) is 12.2 Å². The Morgan fingerprint density at radius 2 is 1.67 bits per heavy atom. The van der Waals surface area contributed by atoms with Gasteiger partial charge in [0.2, 0.25) is 0 Å². The minimum Gasteiger partial charge on any atom is -1.00 e. The first-order chi connectivity index (χ1) is 5.33. The van der Waals surface area contributed by atoms with Gasteiger partial charge in [0.05, 0.1) is 21.1 Å². The highest BCUT2D eigenvalue weighted by Crippen LogP contribution is 1.94. The Labute approximate surface area is 105 Å². The number of hydrogen-bond donors (Lipinski definition) is 1. The van der Waals surface area contributed by atoms with Gasteiger partial charge in [0.1, 0.15) is 13.2 Å². The highest BCUT2D eigenvalue weighted by molar-refractivity contribution is 5.86. The molecule has 94 valence electrons. The number of ether oxygens (including phenoxy) is 1. The van der Waals surface area contributed by atoms with Gasteiger partial charge in [-0.2, -0.15) is 0 Å². The van der Waals surface area contributed by atoms with E-state index < -0.39 is 0 Å². The molecule has 0 aromatic heterocycles. The molecular weight excluding hydrogens is 239 g/mol. The highest BCUT2D eigenvalue weighted by Gasteiger charge is 2.09. The minimum atomic E-state index is -0.302. The molecule has 0 spiro atoms. The van der Waals surface area contributed by atoms with Gasteiger partial charge in [0, 0.05) is 5.57 Å². The molecule has 4 nitrogen and oxygen atoms in total. The molecule has 15 heavy (non-hydrogen) atoms. The lowest BCUT2D eigenvalue weighted by Gasteiger charge is -2.23. The normalized spacial score (nSPS) is 8.80. The summed E-state index contributed by atoms with van der Waals surface area (Å²) in [6.45, 7) is 6.41. The molecular formula is C9H22Cl2N2O2. The van der Waals surface area contributed by atoms with Gasteiger partial charge in [-0.15, -0.1) is 0 Å². The zero-order chi connectivity index (χ0) is 9.78. The van der Waals surface area contributed by atoms with Gasteiger partial charge >= 0.3 is 5.97 Å². The Morgan fingerprint density at radius 1 is 1.27 bits per heavy atom. The summed E-state index contributed by atoms with van der Waals surface area (Å²) in [7, 11) is 6.15. The van der Waals surface area contributed by atoms with E-state index in [0.29, 0.717) is 12.2 Å². The molecule has 0 radical (unpaired) electrons. The second-order valence-corrected chi connectivity index (χ2v) is 3.93. The Kier molecular flexibility index (Phi) is 16.4. The van der Waals surface area contributed by atoms with Crippen molar-refractivity contribution >= 4 is 5.97 Å². The maximum absolute atomic E-state index is 10.9. The Bertz CT molecular complexity index is 191. The lowest BCUT2D eigenvalue weighted by molar-refractivity contribution is -0.870. The lowest BCUT2D eigenvalue weighted by atomic mass is 10.4. The van der Waals surface area contributed by atoms with Crippen LogP contribution < -0.4 is 31.0 Å². The molecule has 0 aliphatic carbocycles. The van der Waals surface area contributed by atoms with Crippen LogP contribution in [0.1, 0.15) is 6.92 Å². The molecule has 0 heterocycles. The third kappa shape index (κ3) is 16.4. The summed E-state index contributed by atoms with van der Waals surface area (Å²) in [5, 5.41) is 0. The number of nitrogens with zero attached hydrogens (tertiary/aromatic N) is 1. The molecule has 0 amide bonds. The molecule has 0 aromatic carbocycles. The molecule has 0 atom stereocenters. The zero-order valence-corrected chi connectivity index (χ0v) is 11.7. The number of likely N-dealkylation sites (N-methyl/N-ethyl adjacent to an activating group) is 1. The van der Waals surface area contributed by atoms with E-state index in [9.17, 15) is 4.79 Å². The monoisotopic (exact) mass is 260 g/mol. The highest BCUT2D eigenvalue weighted by atomic mass is 35.5. The van der Waals surface area contributed by atoms with Crippen LogP contribution in [0.3, 0.4) is 0 Å². The Morgan fingerprint density at radius 3 is 1.93 bits per heavy atom. The molecule has 0 bridgehead atoms. The molecule has 0 aromatic rings. The molecule has 0 aliphatic heterocycles. The Balaban J connectivity index is -0.000000202. The van der Waals surface area contributed by atoms with Crippen molar-refractivity contribution in [3.63, 3.8) is 0 Å². The second-order valence-electron chi connectivity index (χ2n) is 3.93. The summed E-state index contributed by atoms with van der Waals surface area (Å²) in [4.78, 5) is 10.9. The van der Waals surface area contributed by atoms with Gasteiger partial charge in [0.25, 0.3) is 0 Å². The maximum atomic E-state index is 10.9. The van der Waals surface area contributed by atoms with E-state index in [4.69, 9.17) is 4.74 Å². The van der Waals surface area contributed by atoms with Crippen molar-refractivity contribution in [3.05, 3.63) is 12.2 Å². The van der Waals surface area contributed by atoms with Crippen molar-refractivity contribution in [2.24, 2.45) is 0 Å². The first kappa shape index (κ1) is 24.1. The summed E-state index contributed by atoms with van der Waals surface area (Å²) in [5.41, 5.74) is 0.455. The maximum Gasteiger partial charge on any atom is 0.333 e. The average Bonchev–Trinajstić information content (AvgIpc) is 1.84. The van der Waals surface area contributed by atoms with Gasteiger partial charge in [0.15, 0.2) is 0 Å².